The van der Waals surface area contributed by atoms with Crippen molar-refractivity contribution in [2.24, 2.45) is 0 Å². The smallest absolute Gasteiger partial charge is 0.0645 e. The first-order valence-corrected chi connectivity index (χ1v) is 6.14. The molecule has 1 aromatic rings. The van der Waals surface area contributed by atoms with Crippen LogP contribution in [-0.4, -0.2) is 28.8 Å². The van der Waals surface area contributed by atoms with Crippen molar-refractivity contribution in [2.45, 2.75) is 46.7 Å². The third-order valence-corrected chi connectivity index (χ3v) is 2.48. The maximum absolute atomic E-state index is 4.11. The summed E-state index contributed by atoms with van der Waals surface area (Å²) in [7, 11) is 0. The molecule has 0 saturated carbocycles. The van der Waals surface area contributed by atoms with E-state index in [4.69, 9.17) is 0 Å². The Balaban J connectivity index is 2.29. The van der Waals surface area contributed by atoms with Gasteiger partial charge in [-0.2, -0.15) is 10.2 Å². The van der Waals surface area contributed by atoms with Gasteiger partial charge < -0.3 is 10.6 Å². The number of aryl methyl sites for hydroxylation is 2. The first-order valence-electron chi connectivity index (χ1n) is 6.14. The van der Waals surface area contributed by atoms with Crippen molar-refractivity contribution in [3.63, 3.8) is 0 Å². The second-order valence-electron chi connectivity index (χ2n) is 5.45. The molecule has 0 aliphatic heterocycles. The molecular formula is C13H24N4. The molecule has 0 aromatic carbocycles. The average Bonchev–Trinajstić information content (AvgIpc) is 2.21. The van der Waals surface area contributed by atoms with Gasteiger partial charge in [0, 0.05) is 25.2 Å². The highest BCUT2D eigenvalue weighted by molar-refractivity contribution is 5.19. The average molecular weight is 236 g/mol. The molecule has 0 fully saturated rings. The molecular weight excluding hydrogens is 212 g/mol. The summed E-state index contributed by atoms with van der Waals surface area (Å²) in [6.45, 7) is 13.3. The lowest BCUT2D eigenvalue weighted by molar-refractivity contribution is 0.421. The molecule has 0 saturated heterocycles. The van der Waals surface area contributed by atoms with Crippen molar-refractivity contribution in [1.82, 2.24) is 20.8 Å². The molecule has 0 amide bonds. The second kappa shape index (κ2) is 6.07. The van der Waals surface area contributed by atoms with E-state index in [1.807, 2.05) is 13.8 Å². The van der Waals surface area contributed by atoms with Gasteiger partial charge in [0.1, 0.15) is 0 Å². The first-order chi connectivity index (χ1) is 7.88. The third-order valence-electron chi connectivity index (χ3n) is 2.48. The Morgan fingerprint density at radius 2 is 1.82 bits per heavy atom. The van der Waals surface area contributed by atoms with Crippen LogP contribution >= 0.6 is 0 Å². The Labute approximate surface area is 104 Å². The number of aromatic nitrogens is 2. The molecule has 4 nitrogen and oxygen atoms in total. The lowest BCUT2D eigenvalue weighted by atomic mass is 10.1. The molecule has 0 aliphatic rings. The largest absolute Gasteiger partial charge is 0.311 e. The lowest BCUT2D eigenvalue weighted by Gasteiger charge is -2.20. The van der Waals surface area contributed by atoms with Gasteiger partial charge in [0.2, 0.25) is 0 Å². The van der Waals surface area contributed by atoms with Crippen molar-refractivity contribution in [2.75, 3.05) is 13.1 Å². The van der Waals surface area contributed by atoms with Gasteiger partial charge in [-0.3, -0.25) is 0 Å². The number of rotatable bonds is 5. The van der Waals surface area contributed by atoms with E-state index in [-0.39, 0.29) is 5.54 Å². The van der Waals surface area contributed by atoms with Gasteiger partial charge in [-0.15, -0.1) is 0 Å². The van der Waals surface area contributed by atoms with Gasteiger partial charge >= 0.3 is 0 Å². The highest BCUT2D eigenvalue weighted by atomic mass is 15.1. The fourth-order valence-electron chi connectivity index (χ4n) is 1.53. The highest BCUT2D eigenvalue weighted by Gasteiger charge is 2.07. The number of hydrogen-bond donors (Lipinski definition) is 2. The molecule has 0 unspecified atom stereocenters. The predicted molar refractivity (Wildman–Crippen MR) is 71.0 cm³/mol. The maximum atomic E-state index is 4.11. The zero-order valence-electron chi connectivity index (χ0n) is 11.6. The fraction of sp³-hybridized carbons (Fsp3) is 0.692. The molecule has 17 heavy (non-hydrogen) atoms. The molecule has 1 rings (SSSR count). The molecule has 0 atom stereocenters. The normalized spacial score (nSPS) is 11.8. The zero-order valence-corrected chi connectivity index (χ0v) is 11.6. The fourth-order valence-corrected chi connectivity index (χ4v) is 1.53. The summed E-state index contributed by atoms with van der Waals surface area (Å²) >= 11 is 0. The van der Waals surface area contributed by atoms with E-state index >= 15 is 0 Å². The Bertz CT molecular complexity index is 355. The Morgan fingerprint density at radius 1 is 1.12 bits per heavy atom. The second-order valence-corrected chi connectivity index (χ2v) is 5.45. The monoisotopic (exact) mass is 236 g/mol. The molecule has 96 valence electrons. The summed E-state index contributed by atoms with van der Waals surface area (Å²) in [5.41, 5.74) is 3.40. The van der Waals surface area contributed by atoms with E-state index in [1.165, 1.54) is 5.56 Å². The van der Waals surface area contributed by atoms with Crippen LogP contribution in [-0.2, 0) is 6.54 Å². The molecule has 2 N–H and O–H groups in total. The van der Waals surface area contributed by atoms with E-state index in [0.29, 0.717) is 0 Å². The van der Waals surface area contributed by atoms with Crippen LogP contribution in [0.2, 0.25) is 0 Å². The van der Waals surface area contributed by atoms with Crippen LogP contribution in [0.5, 0.6) is 0 Å². The van der Waals surface area contributed by atoms with Crippen LogP contribution in [0, 0.1) is 13.8 Å². The quantitative estimate of drug-likeness (QED) is 0.762. The van der Waals surface area contributed by atoms with Crippen LogP contribution in [0.3, 0.4) is 0 Å². The van der Waals surface area contributed by atoms with Gasteiger partial charge in [0.25, 0.3) is 0 Å². The summed E-state index contributed by atoms with van der Waals surface area (Å²) in [5.74, 6) is 0. The summed E-state index contributed by atoms with van der Waals surface area (Å²) in [4.78, 5) is 0. The van der Waals surface area contributed by atoms with Crippen LogP contribution in [0.15, 0.2) is 6.07 Å². The minimum Gasteiger partial charge on any atom is -0.311 e. The summed E-state index contributed by atoms with van der Waals surface area (Å²) < 4.78 is 0. The van der Waals surface area contributed by atoms with Crippen LogP contribution < -0.4 is 10.6 Å². The molecule has 0 aliphatic carbocycles. The van der Waals surface area contributed by atoms with E-state index in [9.17, 15) is 0 Å². The van der Waals surface area contributed by atoms with Crippen LogP contribution in [0.1, 0.15) is 37.7 Å². The van der Waals surface area contributed by atoms with Crippen molar-refractivity contribution in [3.8, 4) is 0 Å². The van der Waals surface area contributed by atoms with Gasteiger partial charge in [-0.05, 0) is 46.2 Å². The van der Waals surface area contributed by atoms with E-state index < -0.39 is 0 Å². The molecule has 4 heteroatoms. The summed E-state index contributed by atoms with van der Waals surface area (Å²) in [6, 6.07) is 2.09. The summed E-state index contributed by atoms with van der Waals surface area (Å²) in [6.07, 6.45) is 0. The highest BCUT2D eigenvalue weighted by Crippen LogP contribution is 2.04. The van der Waals surface area contributed by atoms with E-state index in [1.54, 1.807) is 0 Å². The predicted octanol–water partition coefficient (Wildman–Crippen LogP) is 1.57. The number of nitrogens with one attached hydrogen (secondary N) is 2. The minimum atomic E-state index is 0.187. The molecule has 0 spiro atoms. The van der Waals surface area contributed by atoms with Gasteiger partial charge in [-0.1, -0.05) is 0 Å². The Hall–Kier alpha value is -1.00. The Morgan fingerprint density at radius 3 is 2.47 bits per heavy atom. The number of hydrogen-bond acceptors (Lipinski definition) is 4. The zero-order chi connectivity index (χ0) is 12.9. The van der Waals surface area contributed by atoms with Gasteiger partial charge in [0.05, 0.1) is 11.4 Å². The van der Waals surface area contributed by atoms with Crippen molar-refractivity contribution >= 4 is 0 Å². The molecule has 1 aromatic heterocycles. The lowest BCUT2D eigenvalue weighted by Crippen LogP contribution is -2.40. The minimum absolute atomic E-state index is 0.187. The summed E-state index contributed by atoms with van der Waals surface area (Å²) in [5, 5.41) is 15.0. The first kappa shape index (κ1) is 14.1. The van der Waals surface area contributed by atoms with Gasteiger partial charge in [-0.25, -0.2) is 0 Å². The Kier molecular flexibility index (Phi) is 5.02. The van der Waals surface area contributed by atoms with Crippen LogP contribution in [0.25, 0.3) is 0 Å². The van der Waals surface area contributed by atoms with Crippen molar-refractivity contribution in [1.29, 1.82) is 0 Å². The maximum Gasteiger partial charge on any atom is 0.0645 e. The SMILES string of the molecule is Cc1cc(CNCCNC(C)(C)C)c(C)nn1. The van der Waals surface area contributed by atoms with Crippen molar-refractivity contribution < 1.29 is 0 Å². The van der Waals surface area contributed by atoms with E-state index in [2.05, 4.69) is 47.7 Å². The molecule has 1 heterocycles. The van der Waals surface area contributed by atoms with E-state index in [0.717, 1.165) is 31.0 Å². The number of nitrogens with zero attached hydrogens (tertiary/aromatic N) is 2. The third kappa shape index (κ3) is 5.75. The van der Waals surface area contributed by atoms with Crippen LogP contribution in [0.4, 0.5) is 0 Å². The van der Waals surface area contributed by atoms with Gasteiger partial charge in [0.15, 0.2) is 0 Å². The molecule has 0 bridgehead atoms. The topological polar surface area (TPSA) is 49.8 Å². The van der Waals surface area contributed by atoms with Crippen molar-refractivity contribution in [3.05, 3.63) is 23.0 Å². The standard InChI is InChI=1S/C13H24N4/c1-10-8-12(11(2)17-16-10)9-14-6-7-15-13(3,4)5/h8,14-15H,6-7,9H2,1-5H3. The molecule has 0 radical (unpaired) electrons.